The van der Waals surface area contributed by atoms with Crippen molar-refractivity contribution in [2.75, 3.05) is 5.75 Å². The van der Waals surface area contributed by atoms with Crippen molar-refractivity contribution in [3.8, 4) is 0 Å². The number of hydrogen-bond acceptors (Lipinski definition) is 3. The molecule has 0 spiro atoms. The van der Waals surface area contributed by atoms with E-state index >= 15 is 0 Å². The first-order chi connectivity index (χ1) is 9.21. The van der Waals surface area contributed by atoms with Gasteiger partial charge < -0.3 is 5.73 Å². The zero-order valence-corrected chi connectivity index (χ0v) is 12.4. The lowest BCUT2D eigenvalue weighted by Crippen LogP contribution is -2.27. The van der Waals surface area contributed by atoms with E-state index in [2.05, 4.69) is 4.72 Å². The third-order valence-corrected chi connectivity index (χ3v) is 4.17. The molecule has 0 aromatic heterocycles. The Bertz CT molecular complexity index is 585. The molecule has 0 fully saturated rings. The molecule has 4 N–H and O–H groups in total. The van der Waals surface area contributed by atoms with E-state index in [0.29, 0.717) is 6.42 Å². The Morgan fingerprint density at radius 2 is 2.10 bits per heavy atom. The molecule has 0 unspecified atom stereocenters. The van der Waals surface area contributed by atoms with E-state index in [4.69, 9.17) is 11.1 Å². The Hall–Kier alpha value is -1.47. The number of halogens is 1. The minimum Gasteiger partial charge on any atom is -0.384 e. The number of nitrogen functional groups attached to an aromatic ring is 1. The van der Waals surface area contributed by atoms with Crippen molar-refractivity contribution in [2.24, 2.45) is 11.7 Å². The smallest absolute Gasteiger partial charge is 0.211 e. The van der Waals surface area contributed by atoms with E-state index in [1.54, 1.807) is 0 Å². The van der Waals surface area contributed by atoms with Crippen LogP contribution in [0.4, 0.5) is 4.39 Å². The summed E-state index contributed by atoms with van der Waals surface area (Å²) < 4.78 is 39.5. The lowest BCUT2D eigenvalue weighted by atomic mass is 10.1. The highest BCUT2D eigenvalue weighted by molar-refractivity contribution is 7.89. The first-order valence-corrected chi connectivity index (χ1v) is 7.96. The van der Waals surface area contributed by atoms with Crippen LogP contribution < -0.4 is 10.5 Å². The van der Waals surface area contributed by atoms with Gasteiger partial charge in [-0.05, 0) is 18.4 Å². The van der Waals surface area contributed by atoms with Gasteiger partial charge in [-0.25, -0.2) is 17.5 Å². The second-order valence-electron chi connectivity index (χ2n) is 5.04. The predicted octanol–water partition coefficient (Wildman–Crippen LogP) is 1.58. The summed E-state index contributed by atoms with van der Waals surface area (Å²) in [5.74, 6) is -0.493. The zero-order valence-electron chi connectivity index (χ0n) is 11.6. The molecule has 7 heteroatoms. The number of nitrogens with two attached hydrogens (primary N) is 1. The van der Waals surface area contributed by atoms with E-state index in [1.807, 2.05) is 13.8 Å². The maximum atomic E-state index is 13.7. The van der Waals surface area contributed by atoms with E-state index in [9.17, 15) is 12.8 Å². The van der Waals surface area contributed by atoms with Crippen LogP contribution in [0.3, 0.4) is 0 Å². The van der Waals surface area contributed by atoms with Crippen LogP contribution in [0.5, 0.6) is 0 Å². The SMILES string of the molecule is CC(C)CCS(=O)(=O)NCc1ccc(C(=N)N)cc1F. The Morgan fingerprint density at radius 3 is 2.60 bits per heavy atom. The molecule has 112 valence electrons. The van der Waals surface area contributed by atoms with Crippen LogP contribution in [-0.2, 0) is 16.6 Å². The lowest BCUT2D eigenvalue weighted by molar-refractivity contribution is 0.557. The number of benzene rings is 1. The van der Waals surface area contributed by atoms with Gasteiger partial charge in [0.25, 0.3) is 0 Å². The first kappa shape index (κ1) is 16.6. The molecule has 1 aromatic rings. The van der Waals surface area contributed by atoms with Gasteiger partial charge in [0, 0.05) is 17.7 Å². The Morgan fingerprint density at radius 1 is 1.45 bits per heavy atom. The van der Waals surface area contributed by atoms with Crippen LogP contribution in [-0.4, -0.2) is 20.0 Å². The topological polar surface area (TPSA) is 96.0 Å². The van der Waals surface area contributed by atoms with Crippen molar-refractivity contribution in [1.29, 1.82) is 5.41 Å². The zero-order chi connectivity index (χ0) is 15.3. The van der Waals surface area contributed by atoms with Gasteiger partial charge >= 0.3 is 0 Å². The van der Waals surface area contributed by atoms with E-state index in [0.717, 1.165) is 6.07 Å². The normalized spacial score (nSPS) is 11.8. The highest BCUT2D eigenvalue weighted by Crippen LogP contribution is 2.11. The molecule has 0 aliphatic heterocycles. The van der Waals surface area contributed by atoms with Gasteiger partial charge in [-0.3, -0.25) is 5.41 Å². The maximum absolute atomic E-state index is 13.7. The second kappa shape index (κ2) is 6.81. The van der Waals surface area contributed by atoms with Crippen LogP contribution in [0.25, 0.3) is 0 Å². The van der Waals surface area contributed by atoms with Crippen molar-refractivity contribution in [2.45, 2.75) is 26.8 Å². The van der Waals surface area contributed by atoms with Gasteiger partial charge in [-0.2, -0.15) is 0 Å². The molecule has 0 amide bonds. The van der Waals surface area contributed by atoms with Gasteiger partial charge in [0.05, 0.1) is 5.75 Å². The Balaban J connectivity index is 2.68. The summed E-state index contributed by atoms with van der Waals surface area (Å²) >= 11 is 0. The molecule has 5 nitrogen and oxygen atoms in total. The molecule has 0 aliphatic carbocycles. The highest BCUT2D eigenvalue weighted by atomic mass is 32.2. The van der Waals surface area contributed by atoms with Gasteiger partial charge in [0.2, 0.25) is 10.0 Å². The van der Waals surface area contributed by atoms with Gasteiger partial charge in [0.1, 0.15) is 11.7 Å². The quantitative estimate of drug-likeness (QED) is 0.527. The van der Waals surface area contributed by atoms with Crippen molar-refractivity contribution in [3.05, 3.63) is 35.1 Å². The lowest BCUT2D eigenvalue weighted by Gasteiger charge is -2.09. The standard InChI is InChI=1S/C13H20FN3O2S/c1-9(2)5-6-20(18,19)17-8-11-4-3-10(13(15)16)7-12(11)14/h3-4,7,9,17H,5-6,8H2,1-2H3,(H3,15,16). The van der Waals surface area contributed by atoms with Gasteiger partial charge in [0.15, 0.2) is 0 Å². The fraction of sp³-hybridized carbons (Fsp3) is 0.462. The number of nitrogens with one attached hydrogen (secondary N) is 2. The third-order valence-electron chi connectivity index (χ3n) is 2.81. The molecule has 1 rings (SSSR count). The molecule has 0 aliphatic rings. The number of hydrogen-bond donors (Lipinski definition) is 3. The van der Waals surface area contributed by atoms with Crippen LogP contribution in [0, 0.1) is 17.1 Å². The minimum atomic E-state index is -3.40. The van der Waals surface area contributed by atoms with Crippen molar-refractivity contribution in [3.63, 3.8) is 0 Å². The predicted molar refractivity (Wildman–Crippen MR) is 77.5 cm³/mol. The van der Waals surface area contributed by atoms with Gasteiger partial charge in [-0.15, -0.1) is 0 Å². The maximum Gasteiger partial charge on any atom is 0.211 e. The van der Waals surface area contributed by atoms with Crippen molar-refractivity contribution < 1.29 is 12.8 Å². The molecular weight excluding hydrogens is 281 g/mol. The third kappa shape index (κ3) is 5.26. The number of sulfonamides is 1. The number of rotatable bonds is 7. The molecule has 20 heavy (non-hydrogen) atoms. The van der Waals surface area contributed by atoms with Gasteiger partial charge in [-0.1, -0.05) is 26.0 Å². The molecular formula is C13H20FN3O2S. The molecule has 0 heterocycles. The summed E-state index contributed by atoms with van der Waals surface area (Å²) in [7, 11) is -3.40. The number of amidine groups is 1. The monoisotopic (exact) mass is 301 g/mol. The second-order valence-corrected chi connectivity index (χ2v) is 6.97. The molecule has 0 radical (unpaired) electrons. The largest absolute Gasteiger partial charge is 0.384 e. The summed E-state index contributed by atoms with van der Waals surface area (Å²) in [6.07, 6.45) is 0.557. The molecule has 0 atom stereocenters. The van der Waals surface area contributed by atoms with E-state index in [-0.39, 0.29) is 35.2 Å². The molecule has 1 aromatic carbocycles. The molecule has 0 saturated carbocycles. The van der Waals surface area contributed by atoms with Crippen molar-refractivity contribution >= 4 is 15.9 Å². The first-order valence-electron chi connectivity index (χ1n) is 6.31. The average molecular weight is 301 g/mol. The van der Waals surface area contributed by atoms with E-state index < -0.39 is 15.8 Å². The van der Waals surface area contributed by atoms with Crippen LogP contribution in [0.15, 0.2) is 18.2 Å². The highest BCUT2D eigenvalue weighted by Gasteiger charge is 2.13. The average Bonchev–Trinajstić information content (AvgIpc) is 2.35. The fourth-order valence-corrected chi connectivity index (χ4v) is 2.81. The summed E-state index contributed by atoms with van der Waals surface area (Å²) in [5, 5.41) is 7.20. The van der Waals surface area contributed by atoms with E-state index in [1.165, 1.54) is 12.1 Å². The van der Waals surface area contributed by atoms with Crippen LogP contribution in [0.2, 0.25) is 0 Å². The molecule has 0 bridgehead atoms. The van der Waals surface area contributed by atoms with Crippen LogP contribution >= 0.6 is 0 Å². The minimum absolute atomic E-state index is 0.0256. The Kier molecular flexibility index (Phi) is 5.64. The molecule has 0 saturated heterocycles. The van der Waals surface area contributed by atoms with Crippen LogP contribution in [0.1, 0.15) is 31.4 Å². The van der Waals surface area contributed by atoms with Crippen molar-refractivity contribution in [1.82, 2.24) is 4.72 Å². The fourth-order valence-electron chi connectivity index (χ4n) is 1.51. The summed E-state index contributed by atoms with van der Waals surface area (Å²) in [5.41, 5.74) is 5.75. The summed E-state index contributed by atoms with van der Waals surface area (Å²) in [6.45, 7) is 3.77. The summed E-state index contributed by atoms with van der Waals surface area (Å²) in [4.78, 5) is 0. The Labute approximate surface area is 118 Å². The summed E-state index contributed by atoms with van der Waals surface area (Å²) in [6, 6.07) is 4.04.